The van der Waals surface area contributed by atoms with Crippen LogP contribution in [-0.2, 0) is 23.9 Å². The van der Waals surface area contributed by atoms with Crippen LogP contribution in [0.1, 0.15) is 19.4 Å². The molecule has 0 radical (unpaired) electrons. The van der Waals surface area contributed by atoms with Gasteiger partial charge in [-0.15, -0.1) is 0 Å². The van der Waals surface area contributed by atoms with Gasteiger partial charge in [0, 0.05) is 0 Å². The van der Waals surface area contributed by atoms with E-state index in [1.54, 1.807) is 26.0 Å². The van der Waals surface area contributed by atoms with E-state index in [9.17, 15) is 13.2 Å². The Kier molecular flexibility index (Phi) is 6.73. The Labute approximate surface area is 131 Å². The molecule has 1 atom stereocenters. The minimum atomic E-state index is -4.00. The Hall–Kier alpha value is -1.70. The number of hydrogen-bond donors (Lipinski definition) is 1. The highest BCUT2D eigenvalue weighted by atomic mass is 32.2. The molecule has 0 aliphatic rings. The zero-order valence-corrected chi connectivity index (χ0v) is 13.7. The monoisotopic (exact) mass is 327 g/mol. The summed E-state index contributed by atoms with van der Waals surface area (Å²) in [5.74, 6) is -0.820. The number of carbonyl (C=O) groups is 1. The highest BCUT2D eigenvalue weighted by Crippen LogP contribution is 2.13. The summed E-state index contributed by atoms with van der Waals surface area (Å²) in [5, 5.41) is 0. The molecule has 0 amide bonds. The second-order valence-electron chi connectivity index (χ2n) is 5.11. The number of ether oxygens (including phenoxy) is 1. The first-order chi connectivity index (χ1) is 10.3. The molecule has 0 saturated carbocycles. The summed E-state index contributed by atoms with van der Waals surface area (Å²) in [6.07, 6.45) is 1.43. The van der Waals surface area contributed by atoms with Gasteiger partial charge in [-0.3, -0.25) is 4.79 Å². The van der Waals surface area contributed by atoms with Crippen LogP contribution < -0.4 is 5.48 Å². The van der Waals surface area contributed by atoms with Crippen LogP contribution in [0.15, 0.2) is 41.8 Å². The molecule has 1 N–H and O–H groups in total. The minimum absolute atomic E-state index is 0.00700. The molecule has 0 unspecified atom stereocenters. The summed E-state index contributed by atoms with van der Waals surface area (Å²) in [6, 6.07) is 5.29. The van der Waals surface area contributed by atoms with Crippen LogP contribution in [0.5, 0.6) is 0 Å². The Morgan fingerprint density at radius 3 is 2.41 bits per heavy atom. The van der Waals surface area contributed by atoms with Crippen LogP contribution >= 0.6 is 0 Å². The van der Waals surface area contributed by atoms with Crippen LogP contribution in [0.3, 0.4) is 0 Å². The van der Waals surface area contributed by atoms with Crippen LogP contribution in [-0.4, -0.2) is 27.0 Å². The number of carbonyl (C=O) groups excluding carboxylic acids is 1. The number of hydrogen-bond acceptors (Lipinski definition) is 6. The van der Waals surface area contributed by atoms with Gasteiger partial charge in [-0.1, -0.05) is 44.2 Å². The number of aryl methyl sites for hydroxylation is 1. The summed E-state index contributed by atoms with van der Waals surface area (Å²) >= 11 is 0. The molecule has 0 bridgehead atoms. The van der Waals surface area contributed by atoms with Gasteiger partial charge in [0.1, 0.15) is 12.6 Å². The SMILES string of the molecule is C=CCOC(=O)[C@@H](NOS(=O)(=O)c1ccc(C)cc1)C(C)C. The minimum Gasteiger partial charge on any atom is -0.460 e. The molecule has 0 heterocycles. The van der Waals surface area contributed by atoms with E-state index in [4.69, 9.17) is 9.02 Å². The summed E-state index contributed by atoms with van der Waals surface area (Å²) in [4.78, 5) is 11.8. The van der Waals surface area contributed by atoms with Gasteiger partial charge in [0.05, 0.1) is 4.90 Å². The molecular formula is C15H21NO5S. The molecule has 0 aliphatic heterocycles. The van der Waals surface area contributed by atoms with E-state index in [2.05, 4.69) is 12.1 Å². The van der Waals surface area contributed by atoms with Gasteiger partial charge in [-0.05, 0) is 25.0 Å². The van der Waals surface area contributed by atoms with Gasteiger partial charge in [0.2, 0.25) is 0 Å². The van der Waals surface area contributed by atoms with Crippen molar-refractivity contribution >= 4 is 16.1 Å². The molecule has 0 fully saturated rings. The number of benzene rings is 1. The topological polar surface area (TPSA) is 81.7 Å². The van der Waals surface area contributed by atoms with Crippen molar-refractivity contribution in [1.82, 2.24) is 5.48 Å². The smallest absolute Gasteiger partial charge is 0.326 e. The number of nitrogens with one attached hydrogen (secondary N) is 1. The van der Waals surface area contributed by atoms with Gasteiger partial charge in [-0.2, -0.15) is 18.2 Å². The molecule has 7 heteroatoms. The first-order valence-electron chi connectivity index (χ1n) is 6.81. The molecule has 6 nitrogen and oxygen atoms in total. The van der Waals surface area contributed by atoms with Gasteiger partial charge >= 0.3 is 16.1 Å². The maximum atomic E-state index is 12.1. The fraction of sp³-hybridized carbons (Fsp3) is 0.400. The molecule has 22 heavy (non-hydrogen) atoms. The first-order valence-corrected chi connectivity index (χ1v) is 8.22. The van der Waals surface area contributed by atoms with Gasteiger partial charge in [-0.25, -0.2) is 0 Å². The third kappa shape index (κ3) is 5.25. The number of rotatable bonds is 8. The zero-order chi connectivity index (χ0) is 16.8. The predicted molar refractivity (Wildman–Crippen MR) is 82.4 cm³/mol. The first kappa shape index (κ1) is 18.3. The number of esters is 1. The average Bonchev–Trinajstić information content (AvgIpc) is 2.45. The largest absolute Gasteiger partial charge is 0.460 e. The zero-order valence-electron chi connectivity index (χ0n) is 12.9. The lowest BCUT2D eigenvalue weighted by Crippen LogP contribution is -2.43. The van der Waals surface area contributed by atoms with E-state index in [0.29, 0.717) is 0 Å². The van der Waals surface area contributed by atoms with Crippen LogP contribution in [0, 0.1) is 12.8 Å². The van der Waals surface area contributed by atoms with Gasteiger partial charge in [0.25, 0.3) is 0 Å². The van der Waals surface area contributed by atoms with Crippen molar-refractivity contribution in [3.05, 3.63) is 42.5 Å². The Balaban J connectivity index is 2.77. The van der Waals surface area contributed by atoms with Crippen LogP contribution in [0.2, 0.25) is 0 Å². The molecule has 0 spiro atoms. The standard InChI is InChI=1S/C15H21NO5S/c1-5-10-20-15(17)14(11(2)3)16-21-22(18,19)13-8-6-12(4)7-9-13/h5-9,11,14,16H,1,10H2,2-4H3/t14-/m0/s1. The van der Waals surface area contributed by atoms with E-state index in [0.717, 1.165) is 5.56 Å². The Morgan fingerprint density at radius 2 is 1.91 bits per heavy atom. The van der Waals surface area contributed by atoms with E-state index >= 15 is 0 Å². The molecule has 0 aliphatic carbocycles. The molecule has 1 aromatic rings. The lowest BCUT2D eigenvalue weighted by atomic mass is 10.1. The average molecular weight is 327 g/mol. The summed E-state index contributed by atoms with van der Waals surface area (Å²) < 4.78 is 33.8. The van der Waals surface area contributed by atoms with E-state index in [1.165, 1.54) is 18.2 Å². The van der Waals surface area contributed by atoms with Crippen molar-refractivity contribution in [3.8, 4) is 0 Å². The van der Waals surface area contributed by atoms with Crippen molar-refractivity contribution in [2.75, 3.05) is 6.61 Å². The summed E-state index contributed by atoms with van der Waals surface area (Å²) in [5.41, 5.74) is 3.21. The third-order valence-corrected chi connectivity index (χ3v) is 4.02. The van der Waals surface area contributed by atoms with Crippen LogP contribution in [0.4, 0.5) is 0 Å². The lowest BCUT2D eigenvalue weighted by Gasteiger charge is -2.19. The fourth-order valence-corrected chi connectivity index (χ4v) is 2.35. The summed E-state index contributed by atoms with van der Waals surface area (Å²) in [7, 11) is -4.00. The molecule has 1 aromatic carbocycles. The molecule has 0 saturated heterocycles. The van der Waals surface area contributed by atoms with E-state index in [1.807, 2.05) is 6.92 Å². The normalized spacial score (nSPS) is 12.9. The van der Waals surface area contributed by atoms with Crippen molar-refractivity contribution in [2.45, 2.75) is 31.7 Å². The molecule has 122 valence electrons. The van der Waals surface area contributed by atoms with Crippen LogP contribution in [0.25, 0.3) is 0 Å². The maximum Gasteiger partial charge on any atom is 0.326 e. The quantitative estimate of drug-likeness (QED) is 0.446. The second-order valence-corrected chi connectivity index (χ2v) is 6.66. The second kappa shape index (κ2) is 8.07. The van der Waals surface area contributed by atoms with Crippen molar-refractivity contribution in [2.24, 2.45) is 5.92 Å². The van der Waals surface area contributed by atoms with Gasteiger partial charge in [0.15, 0.2) is 0 Å². The Morgan fingerprint density at radius 1 is 1.32 bits per heavy atom. The summed E-state index contributed by atoms with van der Waals surface area (Å²) in [6.45, 7) is 8.83. The molecular weight excluding hydrogens is 306 g/mol. The maximum absolute atomic E-state index is 12.1. The highest BCUT2D eigenvalue weighted by Gasteiger charge is 2.27. The lowest BCUT2D eigenvalue weighted by molar-refractivity contribution is -0.148. The fourth-order valence-electron chi connectivity index (χ4n) is 1.56. The van der Waals surface area contributed by atoms with Crippen molar-refractivity contribution in [1.29, 1.82) is 0 Å². The molecule has 0 aromatic heterocycles. The van der Waals surface area contributed by atoms with E-state index < -0.39 is 22.1 Å². The Bertz CT molecular complexity index is 607. The predicted octanol–water partition coefficient (Wildman–Crippen LogP) is 1.96. The van der Waals surface area contributed by atoms with Crippen molar-refractivity contribution < 1.29 is 22.2 Å². The number of hydroxylamine groups is 1. The molecule has 1 rings (SSSR count). The highest BCUT2D eigenvalue weighted by molar-refractivity contribution is 7.86. The van der Waals surface area contributed by atoms with Crippen molar-refractivity contribution in [3.63, 3.8) is 0 Å². The van der Waals surface area contributed by atoms with E-state index in [-0.39, 0.29) is 17.4 Å². The van der Waals surface area contributed by atoms with Gasteiger partial charge < -0.3 is 4.74 Å². The third-order valence-electron chi connectivity index (χ3n) is 2.86.